The molecule has 2 atom stereocenters. The molecule has 1 amide bonds. The minimum Gasteiger partial charge on any atom is -0.340 e. The first-order valence-corrected chi connectivity index (χ1v) is 8.77. The fourth-order valence-electron chi connectivity index (χ4n) is 3.62. The van der Waals surface area contributed by atoms with Gasteiger partial charge in [0.05, 0.1) is 5.69 Å². The molecule has 0 bridgehead atoms. The Kier molecular flexibility index (Phi) is 4.30. The molecule has 1 aromatic heterocycles. The highest BCUT2D eigenvalue weighted by Crippen LogP contribution is 2.48. The van der Waals surface area contributed by atoms with Gasteiger partial charge in [-0.15, -0.1) is 0 Å². The number of rotatable bonds is 4. The van der Waals surface area contributed by atoms with Crippen molar-refractivity contribution in [2.24, 2.45) is 5.92 Å². The molecule has 0 N–H and O–H groups in total. The van der Waals surface area contributed by atoms with Crippen LogP contribution in [0.2, 0.25) is 0 Å². The number of aromatic nitrogens is 1. The van der Waals surface area contributed by atoms with Gasteiger partial charge in [0, 0.05) is 44.8 Å². The van der Waals surface area contributed by atoms with E-state index in [0.717, 1.165) is 44.8 Å². The topological polar surface area (TPSA) is 36.4 Å². The molecule has 0 radical (unpaired) electrons. The molecule has 1 aliphatic heterocycles. The number of carbonyl (C=O) groups excluding carboxylic acids is 1. The van der Waals surface area contributed by atoms with Crippen LogP contribution in [0.25, 0.3) is 0 Å². The van der Waals surface area contributed by atoms with Crippen LogP contribution in [0.4, 0.5) is 0 Å². The molecule has 0 unspecified atom stereocenters. The lowest BCUT2D eigenvalue weighted by atomic mass is 10.1. The number of amides is 1. The molecule has 24 heavy (non-hydrogen) atoms. The summed E-state index contributed by atoms with van der Waals surface area (Å²) in [6.45, 7) is 4.42. The minimum absolute atomic E-state index is 0.203. The van der Waals surface area contributed by atoms with Gasteiger partial charge < -0.3 is 4.90 Å². The lowest BCUT2D eigenvalue weighted by molar-refractivity contribution is -0.134. The summed E-state index contributed by atoms with van der Waals surface area (Å²) in [5.41, 5.74) is 2.41. The van der Waals surface area contributed by atoms with Gasteiger partial charge in [0.2, 0.25) is 5.91 Å². The summed E-state index contributed by atoms with van der Waals surface area (Å²) in [5, 5.41) is 0. The number of benzene rings is 1. The molecule has 2 aliphatic rings. The molecule has 2 heterocycles. The summed E-state index contributed by atoms with van der Waals surface area (Å²) in [6, 6.07) is 16.5. The number of hydrogen-bond donors (Lipinski definition) is 0. The lowest BCUT2D eigenvalue weighted by Gasteiger charge is -2.34. The summed E-state index contributed by atoms with van der Waals surface area (Å²) in [7, 11) is 0. The van der Waals surface area contributed by atoms with Gasteiger partial charge in [-0.1, -0.05) is 36.4 Å². The molecule has 4 nitrogen and oxygen atoms in total. The Morgan fingerprint density at radius 1 is 1.00 bits per heavy atom. The molecule has 1 saturated carbocycles. The van der Waals surface area contributed by atoms with Gasteiger partial charge in [-0.3, -0.25) is 14.7 Å². The number of pyridine rings is 1. The van der Waals surface area contributed by atoms with Crippen molar-refractivity contribution < 1.29 is 4.79 Å². The normalized spacial score (nSPS) is 23.9. The third-order valence-electron chi connectivity index (χ3n) is 5.13. The number of nitrogens with zero attached hydrogens (tertiary/aromatic N) is 3. The predicted octanol–water partition coefficient (Wildman–Crippen LogP) is 2.53. The van der Waals surface area contributed by atoms with Gasteiger partial charge in [0.15, 0.2) is 0 Å². The van der Waals surface area contributed by atoms with Crippen LogP contribution in [-0.4, -0.2) is 46.9 Å². The summed E-state index contributed by atoms with van der Waals surface area (Å²) in [5.74, 6) is 0.987. The maximum absolute atomic E-state index is 12.7. The highest BCUT2D eigenvalue weighted by atomic mass is 16.2. The predicted molar refractivity (Wildman–Crippen MR) is 93.4 cm³/mol. The molecule has 4 rings (SSSR count). The fraction of sp³-hybridized carbons (Fsp3) is 0.400. The highest BCUT2D eigenvalue weighted by molar-refractivity contribution is 5.83. The van der Waals surface area contributed by atoms with Crippen molar-refractivity contribution in [3.05, 3.63) is 66.0 Å². The van der Waals surface area contributed by atoms with E-state index in [9.17, 15) is 4.79 Å². The van der Waals surface area contributed by atoms with Crippen LogP contribution in [0.3, 0.4) is 0 Å². The van der Waals surface area contributed by atoms with Crippen LogP contribution >= 0.6 is 0 Å². The smallest absolute Gasteiger partial charge is 0.226 e. The third kappa shape index (κ3) is 3.34. The Morgan fingerprint density at radius 2 is 1.75 bits per heavy atom. The zero-order valence-electron chi connectivity index (χ0n) is 13.8. The Bertz CT molecular complexity index is 681. The molecular weight excluding hydrogens is 298 g/mol. The van der Waals surface area contributed by atoms with E-state index in [-0.39, 0.29) is 5.92 Å². The lowest BCUT2D eigenvalue weighted by Crippen LogP contribution is -2.48. The molecular formula is C20H23N3O. The molecule has 124 valence electrons. The van der Waals surface area contributed by atoms with Crippen LogP contribution in [0.5, 0.6) is 0 Å². The summed E-state index contributed by atoms with van der Waals surface area (Å²) in [6.07, 6.45) is 2.85. The average molecular weight is 321 g/mol. The van der Waals surface area contributed by atoms with Crippen LogP contribution in [0.15, 0.2) is 54.7 Å². The standard InChI is InChI=1S/C20H23N3O/c24-20(19-14-18(19)16-6-2-1-3-7-16)23-12-10-22(11-13-23)15-17-8-4-5-9-21-17/h1-9,18-19H,10-15H2/t18-,19-/m1/s1. The molecule has 1 aliphatic carbocycles. The molecule has 1 saturated heterocycles. The second-order valence-corrected chi connectivity index (χ2v) is 6.78. The minimum atomic E-state index is 0.203. The van der Waals surface area contributed by atoms with Crippen LogP contribution < -0.4 is 0 Å². The zero-order chi connectivity index (χ0) is 16.4. The zero-order valence-corrected chi connectivity index (χ0v) is 13.8. The van der Waals surface area contributed by atoms with Crippen molar-refractivity contribution in [3.8, 4) is 0 Å². The van der Waals surface area contributed by atoms with Crippen molar-refractivity contribution in [1.29, 1.82) is 0 Å². The van der Waals surface area contributed by atoms with E-state index >= 15 is 0 Å². The van der Waals surface area contributed by atoms with Gasteiger partial charge in [0.25, 0.3) is 0 Å². The summed E-state index contributed by atoms with van der Waals surface area (Å²) in [4.78, 5) is 21.5. The van der Waals surface area contributed by atoms with Gasteiger partial charge in [-0.2, -0.15) is 0 Å². The second-order valence-electron chi connectivity index (χ2n) is 6.78. The van der Waals surface area contributed by atoms with E-state index in [1.54, 1.807) is 0 Å². The van der Waals surface area contributed by atoms with Crippen molar-refractivity contribution in [3.63, 3.8) is 0 Å². The quantitative estimate of drug-likeness (QED) is 0.868. The van der Waals surface area contributed by atoms with E-state index in [1.165, 1.54) is 5.56 Å². The fourth-order valence-corrected chi connectivity index (χ4v) is 3.62. The Hall–Kier alpha value is -2.20. The van der Waals surface area contributed by atoms with Gasteiger partial charge in [-0.25, -0.2) is 0 Å². The first-order valence-electron chi connectivity index (χ1n) is 8.77. The molecule has 2 fully saturated rings. The van der Waals surface area contributed by atoms with Gasteiger partial charge in [0.1, 0.15) is 0 Å². The van der Waals surface area contributed by atoms with E-state index in [2.05, 4.69) is 45.1 Å². The molecule has 0 spiro atoms. The molecule has 4 heteroatoms. The number of hydrogen-bond acceptors (Lipinski definition) is 3. The SMILES string of the molecule is O=C([C@@H]1C[C@@H]1c1ccccc1)N1CCN(Cc2ccccn2)CC1. The van der Waals surface area contributed by atoms with Crippen molar-refractivity contribution in [2.75, 3.05) is 26.2 Å². The largest absolute Gasteiger partial charge is 0.340 e. The maximum Gasteiger partial charge on any atom is 0.226 e. The van der Waals surface area contributed by atoms with Gasteiger partial charge in [-0.05, 0) is 30.0 Å². The van der Waals surface area contributed by atoms with Gasteiger partial charge >= 0.3 is 0 Å². The van der Waals surface area contributed by atoms with Crippen LogP contribution in [-0.2, 0) is 11.3 Å². The van der Waals surface area contributed by atoms with Crippen molar-refractivity contribution in [1.82, 2.24) is 14.8 Å². The first-order chi connectivity index (χ1) is 11.8. The second kappa shape index (κ2) is 6.73. The number of carbonyl (C=O) groups is 1. The third-order valence-corrected chi connectivity index (χ3v) is 5.13. The van der Waals surface area contributed by atoms with E-state index in [1.807, 2.05) is 24.4 Å². The summed E-state index contributed by atoms with van der Waals surface area (Å²) >= 11 is 0. The number of piperazine rings is 1. The monoisotopic (exact) mass is 321 g/mol. The van der Waals surface area contributed by atoms with Crippen LogP contribution in [0, 0.1) is 5.92 Å². The highest BCUT2D eigenvalue weighted by Gasteiger charge is 2.45. The van der Waals surface area contributed by atoms with Crippen molar-refractivity contribution >= 4 is 5.91 Å². The van der Waals surface area contributed by atoms with Crippen molar-refractivity contribution in [2.45, 2.75) is 18.9 Å². The Labute approximate surface area is 143 Å². The van der Waals surface area contributed by atoms with E-state index < -0.39 is 0 Å². The van der Waals surface area contributed by atoms with E-state index in [4.69, 9.17) is 0 Å². The molecule has 2 aromatic rings. The molecule has 1 aromatic carbocycles. The summed E-state index contributed by atoms with van der Waals surface area (Å²) < 4.78 is 0. The van der Waals surface area contributed by atoms with E-state index in [0.29, 0.717) is 11.8 Å². The maximum atomic E-state index is 12.7. The Morgan fingerprint density at radius 3 is 2.46 bits per heavy atom. The average Bonchev–Trinajstić information content (AvgIpc) is 3.44. The van der Waals surface area contributed by atoms with Crippen LogP contribution in [0.1, 0.15) is 23.6 Å². The Balaban J connectivity index is 1.28. The first kappa shape index (κ1) is 15.3.